The van der Waals surface area contributed by atoms with Crippen molar-refractivity contribution in [3.05, 3.63) is 48.6 Å². The van der Waals surface area contributed by atoms with Gasteiger partial charge in [-0.05, 0) is 77.0 Å². The van der Waals surface area contributed by atoms with Crippen molar-refractivity contribution >= 4 is 27.6 Å². The van der Waals surface area contributed by atoms with Gasteiger partial charge in [0.15, 0.2) is 6.10 Å². The van der Waals surface area contributed by atoms with Crippen LogP contribution in [0.3, 0.4) is 0 Å². The molecule has 0 aromatic rings. The molecule has 1 saturated heterocycles. The lowest BCUT2D eigenvalue weighted by atomic mass is 9.85. The van der Waals surface area contributed by atoms with E-state index in [4.69, 9.17) is 23.3 Å². The van der Waals surface area contributed by atoms with Crippen molar-refractivity contribution in [1.29, 1.82) is 0 Å². The van der Waals surface area contributed by atoms with E-state index in [1.54, 1.807) is 0 Å². The summed E-state index contributed by atoms with van der Waals surface area (Å²) in [4.78, 5) is 54.4. The SMILES string of the molecule is CCCCC/C=C\C/C=C\CC1OC1C/C=C\CCCC(=O)O[C@H](COC(=O)CCCCCCCCC/C=C\CCCCCCCC)COP(=O)(O)O[C@H]1C(O)C(O)C(O)[C@@H](OP(=O)(O)O)C1O. The summed E-state index contributed by atoms with van der Waals surface area (Å²) >= 11 is 0. The van der Waals surface area contributed by atoms with Gasteiger partial charge in [0, 0.05) is 12.8 Å². The minimum absolute atomic E-state index is 0.0416. The Labute approximate surface area is 405 Å². The van der Waals surface area contributed by atoms with E-state index >= 15 is 0 Å². The van der Waals surface area contributed by atoms with Crippen molar-refractivity contribution in [2.75, 3.05) is 13.2 Å². The summed E-state index contributed by atoms with van der Waals surface area (Å²) in [5.74, 6) is -1.28. The zero-order valence-corrected chi connectivity index (χ0v) is 42.5. The maximum Gasteiger partial charge on any atom is 0.472 e. The summed E-state index contributed by atoms with van der Waals surface area (Å²) in [5, 5.41) is 41.3. The van der Waals surface area contributed by atoms with Gasteiger partial charge >= 0.3 is 27.6 Å². The van der Waals surface area contributed by atoms with E-state index in [1.807, 2.05) is 12.2 Å². The van der Waals surface area contributed by atoms with Gasteiger partial charge in [-0.25, -0.2) is 9.13 Å². The molecule has 2 fully saturated rings. The molecule has 1 saturated carbocycles. The number of phosphoric acid groups is 2. The number of ether oxygens (including phenoxy) is 3. The van der Waals surface area contributed by atoms with E-state index in [-0.39, 0.29) is 25.0 Å². The Balaban J connectivity index is 1.80. The van der Waals surface area contributed by atoms with Crippen LogP contribution in [0.25, 0.3) is 0 Å². The molecule has 17 nitrogen and oxygen atoms in total. The first-order valence-electron chi connectivity index (χ1n) is 25.3. The van der Waals surface area contributed by atoms with Crippen LogP contribution in [0.5, 0.6) is 0 Å². The molecule has 7 unspecified atom stereocenters. The Bertz CT molecular complexity index is 1570. The quantitative estimate of drug-likeness (QED) is 0.00989. The topological polar surface area (TPSA) is 269 Å². The molecule has 0 aromatic carbocycles. The first-order valence-corrected chi connectivity index (χ1v) is 28.3. The lowest BCUT2D eigenvalue weighted by molar-refractivity contribution is -0.216. The molecule has 0 amide bonds. The molecule has 394 valence electrons. The smallest absolute Gasteiger partial charge is 0.462 e. The number of esters is 2. The van der Waals surface area contributed by atoms with Crippen LogP contribution >= 0.6 is 15.6 Å². The second-order valence-electron chi connectivity index (χ2n) is 17.9. The first kappa shape index (κ1) is 62.0. The summed E-state index contributed by atoms with van der Waals surface area (Å²) in [6.45, 7) is 3.03. The fourth-order valence-corrected chi connectivity index (χ4v) is 9.24. The fraction of sp³-hybridized carbons (Fsp3) is 0.796. The maximum absolute atomic E-state index is 13.0. The molecular weight excluding hydrogens is 922 g/mol. The Morgan fingerprint density at radius 3 is 1.59 bits per heavy atom. The first-order chi connectivity index (χ1) is 32.6. The van der Waals surface area contributed by atoms with Gasteiger partial charge in [-0.3, -0.25) is 23.2 Å². The van der Waals surface area contributed by atoms with Crippen LogP contribution < -0.4 is 0 Å². The van der Waals surface area contributed by atoms with Crippen molar-refractivity contribution in [1.82, 2.24) is 0 Å². The minimum atomic E-state index is -5.38. The number of epoxide rings is 1. The molecule has 7 N–H and O–H groups in total. The highest BCUT2D eigenvalue weighted by Gasteiger charge is 2.54. The van der Waals surface area contributed by atoms with Crippen LogP contribution in [0, 0.1) is 0 Å². The molecule has 0 spiro atoms. The number of hydrogen-bond acceptors (Lipinski definition) is 14. The maximum atomic E-state index is 13.0. The molecule has 1 aliphatic carbocycles. The van der Waals surface area contributed by atoms with Crippen LogP contribution in [0.2, 0.25) is 0 Å². The van der Waals surface area contributed by atoms with Crippen LogP contribution in [-0.4, -0.2) is 115 Å². The van der Waals surface area contributed by atoms with Gasteiger partial charge < -0.3 is 49.3 Å². The van der Waals surface area contributed by atoms with Gasteiger partial charge in [0.1, 0.15) is 43.2 Å². The van der Waals surface area contributed by atoms with E-state index in [1.165, 1.54) is 57.8 Å². The van der Waals surface area contributed by atoms with Crippen LogP contribution in [-0.2, 0) is 46.5 Å². The number of carbonyl (C=O) groups is 2. The number of carbonyl (C=O) groups excluding carboxylic acids is 2. The number of rotatable bonds is 41. The molecule has 0 radical (unpaired) electrons. The summed E-state index contributed by atoms with van der Waals surface area (Å²) < 4.78 is 55.2. The van der Waals surface area contributed by atoms with E-state index in [2.05, 4.69) is 54.8 Å². The van der Waals surface area contributed by atoms with Crippen LogP contribution in [0.1, 0.15) is 181 Å². The standard InChI is InChI=1S/C49H86O17P2/c1-3-5-7-9-11-13-14-15-16-17-18-19-20-22-24-26-31-35-42(50)61-37-39(38-62-68(59,60)66-49-46(54)44(52)45(53)48(47(49)55)65-67(56,57)58)63-43(51)36-32-28-27-30-34-41-40(64-41)33-29-25-23-21-12-10-8-6-4-2/h12,15-16,21,25,27,29-30,39-41,44-49,52-55H,3-11,13-14,17-20,22-24,26,28,31-38H2,1-2H3,(H,59,60)(H2,56,57,58)/b16-15-,21-12-,29-25-,30-27-/t39-,40?,41?,44?,45?,46?,47?,48-,49+/m1/s1. The molecule has 1 aliphatic heterocycles. The van der Waals surface area contributed by atoms with E-state index in [9.17, 15) is 53.8 Å². The molecule has 19 heteroatoms. The van der Waals surface area contributed by atoms with Gasteiger partial charge in [0.05, 0.1) is 18.8 Å². The largest absolute Gasteiger partial charge is 0.472 e. The van der Waals surface area contributed by atoms with Gasteiger partial charge in [0.25, 0.3) is 0 Å². The monoisotopic (exact) mass is 1010 g/mol. The highest BCUT2D eigenvalue weighted by Crippen LogP contribution is 2.49. The zero-order chi connectivity index (χ0) is 50.0. The molecular formula is C49H86O17P2. The van der Waals surface area contributed by atoms with E-state index in [0.29, 0.717) is 19.3 Å². The number of aliphatic hydroxyl groups excluding tert-OH is 4. The summed E-state index contributed by atoms with van der Waals surface area (Å²) in [5.41, 5.74) is 0. The number of aliphatic hydroxyl groups is 4. The summed E-state index contributed by atoms with van der Waals surface area (Å²) in [6, 6.07) is 0. The highest BCUT2D eigenvalue weighted by atomic mass is 31.2. The van der Waals surface area contributed by atoms with Gasteiger partial charge in [-0.2, -0.15) is 0 Å². The summed E-state index contributed by atoms with van der Waals surface area (Å²) in [7, 11) is -10.7. The third-order valence-electron chi connectivity index (χ3n) is 11.8. The number of phosphoric ester groups is 2. The average molecular weight is 1010 g/mol. The molecule has 10 atom stereocenters. The van der Waals surface area contributed by atoms with Crippen molar-refractivity contribution in [2.24, 2.45) is 0 Å². The van der Waals surface area contributed by atoms with Crippen molar-refractivity contribution in [3.8, 4) is 0 Å². The van der Waals surface area contributed by atoms with Gasteiger partial charge in [-0.1, -0.05) is 140 Å². The normalized spacial score (nSPS) is 24.6. The molecule has 0 bridgehead atoms. The van der Waals surface area contributed by atoms with Crippen molar-refractivity contribution in [2.45, 2.75) is 236 Å². The highest BCUT2D eigenvalue weighted by molar-refractivity contribution is 7.47. The Hall–Kier alpha value is -2.08. The minimum Gasteiger partial charge on any atom is -0.462 e. The van der Waals surface area contributed by atoms with Crippen molar-refractivity contribution < 1.29 is 81.6 Å². The molecule has 2 aliphatic rings. The molecule has 68 heavy (non-hydrogen) atoms. The fourth-order valence-electron chi connectivity index (χ4n) is 7.70. The molecule has 0 aromatic heterocycles. The van der Waals surface area contributed by atoms with Crippen molar-refractivity contribution in [3.63, 3.8) is 0 Å². The Morgan fingerprint density at radius 2 is 0.985 bits per heavy atom. The zero-order valence-electron chi connectivity index (χ0n) is 40.7. The lowest BCUT2D eigenvalue weighted by Gasteiger charge is -2.43. The predicted octanol–water partition coefficient (Wildman–Crippen LogP) is 9.05. The Morgan fingerprint density at radius 1 is 0.529 bits per heavy atom. The van der Waals surface area contributed by atoms with Gasteiger partial charge in [0.2, 0.25) is 0 Å². The predicted molar refractivity (Wildman–Crippen MR) is 259 cm³/mol. The second-order valence-corrected chi connectivity index (χ2v) is 20.5. The Kier molecular flexibility index (Phi) is 33.6. The lowest BCUT2D eigenvalue weighted by Crippen LogP contribution is -2.64. The summed E-state index contributed by atoms with van der Waals surface area (Å²) in [6.07, 6.45) is 28.0. The third kappa shape index (κ3) is 29.9. The molecule has 2 rings (SSSR count). The van der Waals surface area contributed by atoms with E-state index < -0.39 is 83.5 Å². The number of allylic oxidation sites excluding steroid dienone is 6. The van der Waals surface area contributed by atoms with Crippen LogP contribution in [0.4, 0.5) is 0 Å². The molecule has 1 heterocycles. The average Bonchev–Trinajstić information content (AvgIpc) is 4.05. The number of hydrogen-bond donors (Lipinski definition) is 7. The second kappa shape index (κ2) is 36.8. The van der Waals surface area contributed by atoms with Crippen LogP contribution in [0.15, 0.2) is 48.6 Å². The third-order valence-corrected chi connectivity index (χ3v) is 13.3. The number of unbranched alkanes of at least 4 members (excludes halogenated alkanes) is 17. The van der Waals surface area contributed by atoms with E-state index in [0.717, 1.165) is 77.0 Å². The van der Waals surface area contributed by atoms with Gasteiger partial charge in [-0.15, -0.1) is 0 Å².